The van der Waals surface area contributed by atoms with Gasteiger partial charge in [0.1, 0.15) is 10.9 Å². The lowest BCUT2D eigenvalue weighted by Gasteiger charge is -2.24. The summed E-state index contributed by atoms with van der Waals surface area (Å²) in [5.74, 6) is -3.09. The average Bonchev–Trinajstić information content (AvgIpc) is 3.46. The van der Waals surface area contributed by atoms with Crippen LogP contribution in [-0.2, 0) is 31.7 Å². The van der Waals surface area contributed by atoms with Crippen molar-refractivity contribution in [1.29, 1.82) is 0 Å². The van der Waals surface area contributed by atoms with Crippen LogP contribution in [0.2, 0.25) is 0 Å². The first-order valence-corrected chi connectivity index (χ1v) is 13.9. The van der Waals surface area contributed by atoms with Gasteiger partial charge in [-0.25, -0.2) is 22.0 Å². The number of halogens is 3. The van der Waals surface area contributed by atoms with Crippen LogP contribution in [0.5, 0.6) is 0 Å². The molecule has 1 fully saturated rings. The van der Waals surface area contributed by atoms with Gasteiger partial charge in [-0.15, -0.1) is 10.2 Å². The van der Waals surface area contributed by atoms with Crippen molar-refractivity contribution in [2.45, 2.75) is 21.2 Å². The molecule has 5 rings (SSSR count). The number of hydrogen-bond acceptors (Lipinski definition) is 10. The molecule has 3 heterocycles. The van der Waals surface area contributed by atoms with Gasteiger partial charge in [0.25, 0.3) is 0 Å². The normalized spacial score (nSPS) is 14.5. The van der Waals surface area contributed by atoms with Gasteiger partial charge in [-0.2, -0.15) is 23.5 Å². The zero-order valence-corrected chi connectivity index (χ0v) is 21.4. The summed E-state index contributed by atoms with van der Waals surface area (Å²) in [4.78, 5) is 7.89. The highest BCUT2D eigenvalue weighted by Gasteiger charge is 2.41. The Balaban J connectivity index is 0.000000448. The van der Waals surface area contributed by atoms with Crippen molar-refractivity contribution < 1.29 is 45.2 Å². The van der Waals surface area contributed by atoms with Gasteiger partial charge in [-0.1, -0.05) is 18.2 Å². The lowest BCUT2D eigenvalue weighted by Crippen LogP contribution is -2.99. The number of H-pyrrole nitrogens is 1. The van der Waals surface area contributed by atoms with E-state index in [9.17, 15) is 30.0 Å². The van der Waals surface area contributed by atoms with E-state index in [4.69, 9.17) is 15.0 Å². The SMILES string of the molecule is Cn1ncc2c(-c3ccc(S(=O)(=O)C4C[NH2+]C4)c(S(N)(=O)=O)c3-c3nn[nH]n3)cccc21.O=C([O-])C(F)(F)F. The Morgan fingerprint density at radius 3 is 2.33 bits per heavy atom. The molecular formula is C20H19F3N8O6S2. The minimum absolute atomic E-state index is 0.0259. The second-order valence-corrected chi connectivity index (χ2v) is 12.0. The fourth-order valence-electron chi connectivity index (χ4n) is 3.93. The number of sulfonamides is 1. The van der Waals surface area contributed by atoms with E-state index in [1.165, 1.54) is 6.07 Å². The first kappa shape index (κ1) is 28.1. The molecule has 0 atom stereocenters. The third-order valence-electron chi connectivity index (χ3n) is 5.89. The molecule has 2 aromatic heterocycles. The summed E-state index contributed by atoms with van der Waals surface area (Å²) in [7, 11) is -6.68. The first-order chi connectivity index (χ1) is 18.1. The molecule has 14 nitrogen and oxygen atoms in total. The molecule has 1 saturated heterocycles. The van der Waals surface area contributed by atoms with E-state index in [-0.39, 0.29) is 16.3 Å². The van der Waals surface area contributed by atoms with Crippen LogP contribution in [0.25, 0.3) is 33.4 Å². The van der Waals surface area contributed by atoms with Crippen LogP contribution in [0, 0.1) is 0 Å². The minimum Gasteiger partial charge on any atom is -0.542 e. The molecule has 5 N–H and O–H groups in total. The molecule has 0 saturated carbocycles. The van der Waals surface area contributed by atoms with Crippen LogP contribution in [0.15, 0.2) is 46.3 Å². The van der Waals surface area contributed by atoms with Gasteiger partial charge in [-0.3, -0.25) is 4.68 Å². The van der Waals surface area contributed by atoms with E-state index in [1.54, 1.807) is 36.1 Å². The van der Waals surface area contributed by atoms with Gasteiger partial charge in [0.15, 0.2) is 15.1 Å². The number of tetrazole rings is 1. The first-order valence-electron chi connectivity index (χ1n) is 10.8. The predicted molar refractivity (Wildman–Crippen MR) is 124 cm³/mol. The number of fused-ring (bicyclic) bond motifs is 1. The maximum atomic E-state index is 13.2. The maximum absolute atomic E-state index is 13.2. The average molecular weight is 589 g/mol. The molecule has 0 radical (unpaired) electrons. The minimum atomic E-state index is -5.19. The van der Waals surface area contributed by atoms with Crippen LogP contribution < -0.4 is 15.6 Å². The van der Waals surface area contributed by atoms with E-state index in [2.05, 4.69) is 25.7 Å². The van der Waals surface area contributed by atoms with Crippen molar-refractivity contribution in [2.24, 2.45) is 12.2 Å². The summed E-state index contributed by atoms with van der Waals surface area (Å²) < 4.78 is 85.3. The van der Waals surface area contributed by atoms with Crippen molar-refractivity contribution in [3.63, 3.8) is 0 Å². The summed E-state index contributed by atoms with van der Waals surface area (Å²) in [6, 6.07) is 8.29. The van der Waals surface area contributed by atoms with Gasteiger partial charge in [0.2, 0.25) is 15.8 Å². The Hall–Kier alpha value is -3.94. The number of nitrogens with zero attached hydrogens (tertiary/aromatic N) is 5. The number of carboxylic acids is 1. The van der Waals surface area contributed by atoms with Gasteiger partial charge >= 0.3 is 6.18 Å². The zero-order chi connectivity index (χ0) is 28.8. The molecule has 0 aliphatic carbocycles. The van der Waals surface area contributed by atoms with E-state index in [0.29, 0.717) is 24.2 Å². The van der Waals surface area contributed by atoms with Crippen LogP contribution in [0.1, 0.15) is 0 Å². The number of carbonyl (C=O) groups excluding carboxylic acids is 1. The van der Waals surface area contributed by atoms with Gasteiger partial charge < -0.3 is 15.2 Å². The Kier molecular flexibility index (Phi) is 7.19. The van der Waals surface area contributed by atoms with Crippen molar-refractivity contribution in [1.82, 2.24) is 30.4 Å². The molecule has 0 unspecified atom stereocenters. The number of hydrogen-bond donors (Lipinski definition) is 3. The molecule has 39 heavy (non-hydrogen) atoms. The summed E-state index contributed by atoms with van der Waals surface area (Å²) in [5, 5.41) is 34.2. The van der Waals surface area contributed by atoms with E-state index in [0.717, 1.165) is 10.9 Å². The monoisotopic (exact) mass is 588 g/mol. The van der Waals surface area contributed by atoms with E-state index >= 15 is 0 Å². The van der Waals surface area contributed by atoms with Crippen molar-refractivity contribution in [2.75, 3.05) is 13.1 Å². The Morgan fingerprint density at radius 2 is 1.82 bits per heavy atom. The number of aliphatic carboxylic acids is 1. The second kappa shape index (κ2) is 9.98. The van der Waals surface area contributed by atoms with Crippen molar-refractivity contribution >= 4 is 36.7 Å². The topological polar surface area (TPSA) is 223 Å². The number of aryl methyl sites for hydroxylation is 1. The molecule has 0 bridgehead atoms. The van der Waals surface area contributed by atoms with Crippen LogP contribution in [0.4, 0.5) is 13.2 Å². The third-order valence-corrected chi connectivity index (χ3v) is 9.23. The lowest BCUT2D eigenvalue weighted by atomic mass is 9.96. The fourth-order valence-corrected chi connectivity index (χ4v) is 7.22. The van der Waals surface area contributed by atoms with Gasteiger partial charge in [0.05, 0.1) is 35.3 Å². The molecule has 2 aromatic carbocycles. The summed E-state index contributed by atoms with van der Waals surface area (Å²) in [6.45, 7) is 0.696. The molecule has 0 spiro atoms. The van der Waals surface area contributed by atoms with E-state index < -0.39 is 42.2 Å². The largest absolute Gasteiger partial charge is 0.542 e. The number of carbonyl (C=O) groups is 1. The van der Waals surface area contributed by atoms with Gasteiger partial charge in [0, 0.05) is 12.4 Å². The number of alkyl halides is 3. The molecule has 19 heteroatoms. The molecule has 208 valence electrons. The highest BCUT2D eigenvalue weighted by atomic mass is 32.2. The summed E-state index contributed by atoms with van der Waals surface area (Å²) >= 11 is 0. The van der Waals surface area contributed by atoms with E-state index in [1.807, 2.05) is 11.4 Å². The van der Waals surface area contributed by atoms with Crippen molar-refractivity contribution in [3.05, 3.63) is 36.5 Å². The third kappa shape index (κ3) is 5.33. The number of aromatic amines is 1. The van der Waals surface area contributed by atoms with Crippen LogP contribution in [-0.4, -0.2) is 77.7 Å². The highest BCUT2D eigenvalue weighted by Crippen LogP contribution is 2.41. The molecule has 0 amide bonds. The summed E-state index contributed by atoms with van der Waals surface area (Å²) in [6.07, 6.45) is -3.55. The molecular weight excluding hydrogens is 569 g/mol. The number of quaternary nitrogens is 1. The maximum Gasteiger partial charge on any atom is 0.430 e. The number of nitrogens with one attached hydrogen (secondary N) is 1. The number of benzene rings is 2. The van der Waals surface area contributed by atoms with Gasteiger partial charge in [-0.05, 0) is 28.5 Å². The van der Waals surface area contributed by atoms with Crippen LogP contribution in [0.3, 0.4) is 0 Å². The molecule has 1 aliphatic heterocycles. The molecule has 1 aliphatic rings. The predicted octanol–water partition coefficient (Wildman–Crippen LogP) is -1.91. The molecule has 4 aromatic rings. The lowest BCUT2D eigenvalue weighted by molar-refractivity contribution is -0.702. The number of primary sulfonamides is 1. The number of nitrogens with two attached hydrogens (primary N) is 2. The summed E-state index contributed by atoms with van der Waals surface area (Å²) in [5.41, 5.74) is 1.80. The number of carboxylic acid groups (broad SMARTS) is 1. The smallest absolute Gasteiger partial charge is 0.430 e. The number of rotatable bonds is 5. The standard InChI is InChI=1S/C18H18N8O4S2.C2HF3O2/c1-26-14-4-2-3-11(13(14)9-21-26)12-5-6-15(31(27,28)10-7-20-8-10)17(32(19,29)30)16(12)18-22-24-25-23-18;3-2(4,5)1(6)7/h2-6,9-10,20H,7-8H2,1H3,(H2,19,29,30)(H,22,23,24,25);(H,6,7). The van der Waals surface area contributed by atoms with Crippen molar-refractivity contribution in [3.8, 4) is 22.5 Å². The quantitative estimate of drug-likeness (QED) is 0.234. The Morgan fingerprint density at radius 1 is 1.15 bits per heavy atom. The van der Waals surface area contributed by atoms with Crippen LogP contribution >= 0.6 is 0 Å². The fraction of sp³-hybridized carbons (Fsp3) is 0.250. The highest BCUT2D eigenvalue weighted by molar-refractivity contribution is 7.94. The zero-order valence-electron chi connectivity index (χ0n) is 19.7. The number of aromatic nitrogens is 6. The Labute approximate surface area is 218 Å². The second-order valence-electron chi connectivity index (χ2n) is 8.31. The Bertz CT molecular complexity index is 1770. The number of sulfone groups is 1.